The third kappa shape index (κ3) is 2.82. The summed E-state index contributed by atoms with van der Waals surface area (Å²) in [6, 6.07) is 9.38. The van der Waals surface area contributed by atoms with Crippen molar-refractivity contribution in [1.82, 2.24) is 0 Å². The first kappa shape index (κ1) is 12.9. The minimum atomic E-state index is -0.602. The molecule has 2 rings (SSSR count). The molecule has 5 heteroatoms. The summed E-state index contributed by atoms with van der Waals surface area (Å²) in [7, 11) is 0. The lowest BCUT2D eigenvalue weighted by atomic mass is 10.1. The molecule has 0 fully saturated rings. The Bertz CT molecular complexity index is 641. The molecule has 0 saturated carbocycles. The number of amides is 1. The van der Waals surface area contributed by atoms with E-state index in [1.54, 1.807) is 31.2 Å². The number of rotatable bonds is 3. The monoisotopic (exact) mass is 259 g/mol. The molecule has 0 aliphatic rings. The minimum absolute atomic E-state index is 0.258. The third-order valence-electron chi connectivity index (χ3n) is 2.70. The largest absolute Gasteiger partial charge is 0.399 e. The zero-order chi connectivity index (χ0) is 14.0. The number of aryl methyl sites for hydroxylation is 1. The van der Waals surface area contributed by atoms with Crippen LogP contribution in [0.3, 0.4) is 0 Å². The Morgan fingerprint density at radius 2 is 1.89 bits per heavy atom. The molecule has 2 aromatic carbocycles. The van der Waals surface area contributed by atoms with E-state index in [0.29, 0.717) is 11.4 Å². The quantitative estimate of drug-likeness (QED) is 0.741. The Kier molecular flexibility index (Phi) is 3.37. The van der Waals surface area contributed by atoms with Gasteiger partial charge in [-0.2, -0.15) is 0 Å². The van der Waals surface area contributed by atoms with Crippen LogP contribution in [-0.4, -0.2) is 5.91 Å². The highest BCUT2D eigenvalue weighted by Gasteiger charge is 2.10. The second kappa shape index (κ2) is 4.97. The Hall–Kier alpha value is -2.56. The van der Waals surface area contributed by atoms with E-state index in [0.717, 1.165) is 5.56 Å². The van der Waals surface area contributed by atoms with Crippen LogP contribution >= 0.6 is 0 Å². The van der Waals surface area contributed by atoms with E-state index in [-0.39, 0.29) is 11.3 Å². The summed E-state index contributed by atoms with van der Waals surface area (Å²) in [6.07, 6.45) is 0. The number of benzene rings is 2. The summed E-state index contributed by atoms with van der Waals surface area (Å²) < 4.78 is 13.8. The molecule has 0 saturated heterocycles. The lowest BCUT2D eigenvalue weighted by molar-refractivity contribution is 0.100. The van der Waals surface area contributed by atoms with Gasteiger partial charge in [0, 0.05) is 5.69 Å². The highest BCUT2D eigenvalue weighted by molar-refractivity contribution is 5.99. The molecule has 2 aromatic rings. The third-order valence-corrected chi connectivity index (χ3v) is 2.70. The number of primary amides is 1. The number of carbonyl (C=O) groups excluding carboxylic acids is 1. The molecule has 0 unspecified atom stereocenters. The number of halogens is 1. The van der Waals surface area contributed by atoms with Crippen molar-refractivity contribution < 1.29 is 9.18 Å². The summed E-state index contributed by atoms with van der Waals surface area (Å²) in [5, 5.41) is 2.83. The fraction of sp³-hybridized carbons (Fsp3) is 0.0714. The van der Waals surface area contributed by atoms with Gasteiger partial charge in [0.1, 0.15) is 5.82 Å². The molecule has 0 spiro atoms. The average molecular weight is 259 g/mol. The number of nitrogens with two attached hydrogens (primary N) is 2. The Morgan fingerprint density at radius 3 is 2.53 bits per heavy atom. The Labute approximate surface area is 110 Å². The van der Waals surface area contributed by atoms with Crippen molar-refractivity contribution in [2.75, 3.05) is 11.1 Å². The van der Waals surface area contributed by atoms with Gasteiger partial charge >= 0.3 is 0 Å². The highest BCUT2D eigenvalue weighted by atomic mass is 19.1. The maximum Gasteiger partial charge on any atom is 0.250 e. The lowest BCUT2D eigenvalue weighted by Gasteiger charge is -2.12. The van der Waals surface area contributed by atoms with Gasteiger partial charge in [-0.1, -0.05) is 6.07 Å². The fourth-order valence-corrected chi connectivity index (χ4v) is 1.75. The minimum Gasteiger partial charge on any atom is -0.399 e. The van der Waals surface area contributed by atoms with Crippen LogP contribution in [0.2, 0.25) is 0 Å². The van der Waals surface area contributed by atoms with Crippen molar-refractivity contribution >= 4 is 23.0 Å². The molecule has 98 valence electrons. The van der Waals surface area contributed by atoms with Crippen molar-refractivity contribution in [3.8, 4) is 0 Å². The summed E-state index contributed by atoms with van der Waals surface area (Å²) in [5.41, 5.74) is 13.1. The van der Waals surface area contributed by atoms with Gasteiger partial charge in [-0.25, -0.2) is 4.39 Å². The zero-order valence-electron chi connectivity index (χ0n) is 10.4. The summed E-state index contributed by atoms with van der Waals surface area (Å²) >= 11 is 0. The second-order valence-electron chi connectivity index (χ2n) is 4.28. The van der Waals surface area contributed by atoms with Gasteiger partial charge in [0.25, 0.3) is 5.91 Å². The topological polar surface area (TPSA) is 81.1 Å². The predicted molar refractivity (Wildman–Crippen MR) is 73.8 cm³/mol. The first-order valence-corrected chi connectivity index (χ1v) is 5.70. The van der Waals surface area contributed by atoms with E-state index in [9.17, 15) is 9.18 Å². The van der Waals surface area contributed by atoms with E-state index < -0.39 is 11.7 Å². The fourth-order valence-electron chi connectivity index (χ4n) is 1.75. The van der Waals surface area contributed by atoms with Crippen LogP contribution in [0.4, 0.5) is 21.5 Å². The lowest BCUT2D eigenvalue weighted by Crippen LogP contribution is -2.13. The van der Waals surface area contributed by atoms with E-state index in [1.807, 2.05) is 0 Å². The van der Waals surface area contributed by atoms with Crippen molar-refractivity contribution in [1.29, 1.82) is 0 Å². The molecule has 0 radical (unpaired) electrons. The number of anilines is 3. The first-order chi connectivity index (χ1) is 8.97. The van der Waals surface area contributed by atoms with Crippen LogP contribution < -0.4 is 16.8 Å². The first-order valence-electron chi connectivity index (χ1n) is 5.70. The molecule has 0 aliphatic heterocycles. The van der Waals surface area contributed by atoms with Gasteiger partial charge in [0.2, 0.25) is 0 Å². The Balaban J connectivity index is 2.42. The van der Waals surface area contributed by atoms with Gasteiger partial charge in [0.15, 0.2) is 0 Å². The second-order valence-corrected chi connectivity index (χ2v) is 4.28. The number of nitrogens with one attached hydrogen (secondary N) is 1. The summed E-state index contributed by atoms with van der Waals surface area (Å²) in [6.45, 7) is 1.79. The average Bonchev–Trinajstić information content (AvgIpc) is 2.32. The number of hydrogen-bond acceptors (Lipinski definition) is 3. The maximum atomic E-state index is 13.8. The molecule has 0 bridgehead atoms. The standard InChI is InChI=1S/C14H14FN3O/c1-8-2-5-12(11(15)6-8)18-13-7-9(16)3-4-10(13)14(17)19/h2-7,18H,16H2,1H3,(H2,17,19). The van der Waals surface area contributed by atoms with Crippen molar-refractivity contribution in [2.45, 2.75) is 6.92 Å². The summed E-state index contributed by atoms with van der Waals surface area (Å²) in [4.78, 5) is 11.3. The Morgan fingerprint density at radius 1 is 1.16 bits per heavy atom. The van der Waals surface area contributed by atoms with Crippen molar-refractivity contribution in [2.24, 2.45) is 5.73 Å². The molecular weight excluding hydrogens is 245 g/mol. The van der Waals surface area contributed by atoms with Gasteiger partial charge in [-0.15, -0.1) is 0 Å². The van der Waals surface area contributed by atoms with Crippen LogP contribution in [0.5, 0.6) is 0 Å². The maximum absolute atomic E-state index is 13.8. The smallest absolute Gasteiger partial charge is 0.250 e. The highest BCUT2D eigenvalue weighted by Crippen LogP contribution is 2.25. The molecule has 0 aromatic heterocycles. The van der Waals surface area contributed by atoms with Crippen LogP contribution in [0.1, 0.15) is 15.9 Å². The molecule has 19 heavy (non-hydrogen) atoms. The molecule has 1 amide bonds. The number of nitrogen functional groups attached to an aromatic ring is 1. The zero-order valence-corrected chi connectivity index (χ0v) is 10.4. The van der Waals surface area contributed by atoms with Gasteiger partial charge in [-0.3, -0.25) is 4.79 Å². The van der Waals surface area contributed by atoms with E-state index in [4.69, 9.17) is 11.5 Å². The molecule has 4 nitrogen and oxygen atoms in total. The van der Waals surface area contributed by atoms with Crippen LogP contribution in [0, 0.1) is 12.7 Å². The van der Waals surface area contributed by atoms with Crippen molar-refractivity contribution in [3.05, 3.63) is 53.3 Å². The molecule has 0 heterocycles. The molecular formula is C14H14FN3O. The number of carbonyl (C=O) groups is 1. The van der Waals surface area contributed by atoms with E-state index in [1.165, 1.54) is 12.1 Å². The SMILES string of the molecule is Cc1ccc(Nc2cc(N)ccc2C(N)=O)c(F)c1. The van der Waals surface area contributed by atoms with E-state index >= 15 is 0 Å². The number of hydrogen-bond donors (Lipinski definition) is 3. The summed E-state index contributed by atoms with van der Waals surface area (Å²) in [5.74, 6) is -1.01. The van der Waals surface area contributed by atoms with Gasteiger partial charge in [-0.05, 0) is 42.8 Å². The van der Waals surface area contributed by atoms with Crippen LogP contribution in [0.15, 0.2) is 36.4 Å². The predicted octanol–water partition coefficient (Wildman–Crippen LogP) is 2.56. The molecule has 5 N–H and O–H groups in total. The van der Waals surface area contributed by atoms with Crippen molar-refractivity contribution in [3.63, 3.8) is 0 Å². The van der Waals surface area contributed by atoms with Crippen LogP contribution in [-0.2, 0) is 0 Å². The molecule has 0 atom stereocenters. The normalized spacial score (nSPS) is 10.2. The van der Waals surface area contributed by atoms with E-state index in [2.05, 4.69) is 5.32 Å². The van der Waals surface area contributed by atoms with Crippen LogP contribution in [0.25, 0.3) is 0 Å². The van der Waals surface area contributed by atoms with Gasteiger partial charge in [0.05, 0.1) is 16.9 Å². The molecule has 0 aliphatic carbocycles. The van der Waals surface area contributed by atoms with Gasteiger partial charge < -0.3 is 16.8 Å².